The molecule has 2 aliphatic rings. The molecule has 0 aromatic heterocycles. The maximum Gasteiger partial charge on any atom is 0.229 e. The van der Waals surface area contributed by atoms with Gasteiger partial charge in [-0.1, -0.05) is 20.8 Å². The van der Waals surface area contributed by atoms with Crippen molar-refractivity contribution in [3.8, 4) is 0 Å². The minimum absolute atomic E-state index is 0.00391. The lowest BCUT2D eigenvalue weighted by atomic mass is 9.64. The number of carbonyl (C=O) groups excluding carboxylic acids is 2. The van der Waals surface area contributed by atoms with Gasteiger partial charge < -0.3 is 4.74 Å². The topological polar surface area (TPSA) is 46.6 Å². The molecule has 0 radical (unpaired) electrons. The van der Waals surface area contributed by atoms with E-state index in [4.69, 9.17) is 4.74 Å². The summed E-state index contributed by atoms with van der Waals surface area (Å²) in [6.45, 7) is 10.2. The molecule has 2 aliphatic heterocycles. The molecule has 4 heteroatoms. The molecule has 2 saturated heterocycles. The van der Waals surface area contributed by atoms with Crippen LogP contribution < -0.4 is 0 Å². The number of imide groups is 1. The molecule has 0 aliphatic carbocycles. The molecule has 2 amide bonds. The molecule has 4 nitrogen and oxygen atoms in total. The van der Waals surface area contributed by atoms with Gasteiger partial charge in [-0.2, -0.15) is 0 Å². The second-order valence-corrected chi connectivity index (χ2v) is 7.28. The van der Waals surface area contributed by atoms with Crippen molar-refractivity contribution in [2.24, 2.45) is 11.3 Å². The summed E-state index contributed by atoms with van der Waals surface area (Å²) in [5, 5.41) is 0. The largest absolute Gasteiger partial charge is 0.375 e. The Morgan fingerprint density at radius 1 is 1.24 bits per heavy atom. The third kappa shape index (κ3) is 3.31. The van der Waals surface area contributed by atoms with Crippen molar-refractivity contribution in [2.45, 2.75) is 71.8 Å². The predicted octanol–water partition coefficient (Wildman–Crippen LogP) is 3.15. The summed E-state index contributed by atoms with van der Waals surface area (Å²) < 4.78 is 5.99. The van der Waals surface area contributed by atoms with Gasteiger partial charge >= 0.3 is 0 Å². The number of rotatable bonds is 5. The van der Waals surface area contributed by atoms with Gasteiger partial charge in [-0.3, -0.25) is 14.5 Å². The molecule has 2 heterocycles. The summed E-state index contributed by atoms with van der Waals surface area (Å²) >= 11 is 0. The normalized spacial score (nSPS) is 34.0. The van der Waals surface area contributed by atoms with Crippen LogP contribution in [0.4, 0.5) is 0 Å². The standard InChI is InChI=1S/C17H29NO3/c1-5-16(4)12-17(13(2)3,9-11-21-16)8-10-18-14(19)6-7-15(18)20/h13H,5-12H2,1-4H3/t16-,17-/m1/s1. The Balaban J connectivity index is 2.08. The van der Waals surface area contributed by atoms with Crippen LogP contribution in [0.25, 0.3) is 0 Å². The highest BCUT2D eigenvalue weighted by molar-refractivity contribution is 6.01. The zero-order valence-electron chi connectivity index (χ0n) is 13.9. The van der Waals surface area contributed by atoms with Crippen molar-refractivity contribution >= 4 is 11.8 Å². The van der Waals surface area contributed by atoms with E-state index >= 15 is 0 Å². The molecule has 0 N–H and O–H groups in total. The number of hydrogen-bond donors (Lipinski definition) is 0. The van der Waals surface area contributed by atoms with Gasteiger partial charge in [-0.25, -0.2) is 0 Å². The van der Waals surface area contributed by atoms with Gasteiger partial charge in [0.05, 0.1) is 5.60 Å². The third-order valence-corrected chi connectivity index (χ3v) is 5.74. The highest BCUT2D eigenvalue weighted by Crippen LogP contribution is 2.48. The van der Waals surface area contributed by atoms with E-state index in [-0.39, 0.29) is 22.8 Å². The quantitative estimate of drug-likeness (QED) is 0.732. The average Bonchev–Trinajstić information content (AvgIpc) is 2.76. The van der Waals surface area contributed by atoms with Gasteiger partial charge in [0.25, 0.3) is 0 Å². The zero-order valence-corrected chi connectivity index (χ0v) is 13.9. The number of ether oxygens (including phenoxy) is 1. The maximum absolute atomic E-state index is 11.8. The lowest BCUT2D eigenvalue weighted by Crippen LogP contribution is -2.47. The van der Waals surface area contributed by atoms with Crippen LogP contribution in [-0.4, -0.2) is 35.5 Å². The van der Waals surface area contributed by atoms with Gasteiger partial charge in [-0.15, -0.1) is 0 Å². The average molecular weight is 295 g/mol. The van der Waals surface area contributed by atoms with Crippen LogP contribution in [-0.2, 0) is 14.3 Å². The monoisotopic (exact) mass is 295 g/mol. The number of likely N-dealkylation sites (tertiary alicyclic amines) is 1. The van der Waals surface area contributed by atoms with Crippen LogP contribution in [0.5, 0.6) is 0 Å². The Kier molecular flexibility index (Phi) is 4.76. The zero-order chi connectivity index (χ0) is 15.7. The number of nitrogens with zero attached hydrogens (tertiary/aromatic N) is 1. The predicted molar refractivity (Wildman–Crippen MR) is 81.7 cm³/mol. The molecule has 0 saturated carbocycles. The van der Waals surface area contributed by atoms with E-state index in [0.717, 1.165) is 32.3 Å². The van der Waals surface area contributed by atoms with Gasteiger partial charge in [0, 0.05) is 26.0 Å². The van der Waals surface area contributed by atoms with Crippen LogP contribution >= 0.6 is 0 Å². The molecule has 0 spiro atoms. The van der Waals surface area contributed by atoms with Crippen LogP contribution in [0, 0.1) is 11.3 Å². The Bertz CT molecular complexity index is 404. The van der Waals surface area contributed by atoms with Gasteiger partial charge in [0.15, 0.2) is 0 Å². The molecule has 0 bridgehead atoms. The molecule has 0 unspecified atom stereocenters. The fourth-order valence-electron chi connectivity index (χ4n) is 3.81. The van der Waals surface area contributed by atoms with Crippen LogP contribution in [0.3, 0.4) is 0 Å². The van der Waals surface area contributed by atoms with Crippen molar-refractivity contribution < 1.29 is 14.3 Å². The molecule has 2 fully saturated rings. The molecule has 0 aromatic rings. The van der Waals surface area contributed by atoms with E-state index in [1.807, 2.05) is 0 Å². The Labute approximate surface area is 128 Å². The van der Waals surface area contributed by atoms with E-state index in [1.54, 1.807) is 0 Å². The summed E-state index contributed by atoms with van der Waals surface area (Å²) in [4.78, 5) is 25.1. The van der Waals surface area contributed by atoms with E-state index in [0.29, 0.717) is 25.3 Å². The number of carbonyl (C=O) groups is 2. The van der Waals surface area contributed by atoms with Crippen LogP contribution in [0.15, 0.2) is 0 Å². The summed E-state index contributed by atoms with van der Waals surface area (Å²) in [6, 6.07) is 0. The van der Waals surface area contributed by atoms with Crippen molar-refractivity contribution in [2.75, 3.05) is 13.2 Å². The lowest BCUT2D eigenvalue weighted by molar-refractivity contribution is -0.144. The second-order valence-electron chi connectivity index (χ2n) is 7.28. The van der Waals surface area contributed by atoms with E-state index in [9.17, 15) is 9.59 Å². The first-order chi connectivity index (χ1) is 9.82. The SMILES string of the molecule is CC[C@]1(C)C[C@](CCN2C(=O)CCC2=O)(C(C)C)CCO1. The Morgan fingerprint density at radius 2 is 1.86 bits per heavy atom. The van der Waals surface area contributed by atoms with Crippen molar-refractivity contribution in [3.63, 3.8) is 0 Å². The van der Waals surface area contributed by atoms with Crippen molar-refractivity contribution in [1.82, 2.24) is 4.90 Å². The van der Waals surface area contributed by atoms with E-state index < -0.39 is 0 Å². The first-order valence-electron chi connectivity index (χ1n) is 8.29. The fourth-order valence-corrected chi connectivity index (χ4v) is 3.81. The van der Waals surface area contributed by atoms with Crippen LogP contribution in [0.1, 0.15) is 66.2 Å². The number of hydrogen-bond acceptors (Lipinski definition) is 3. The maximum atomic E-state index is 11.8. The van der Waals surface area contributed by atoms with Crippen LogP contribution in [0.2, 0.25) is 0 Å². The Hall–Kier alpha value is -0.900. The molecule has 21 heavy (non-hydrogen) atoms. The lowest BCUT2D eigenvalue weighted by Gasteiger charge is -2.49. The highest BCUT2D eigenvalue weighted by Gasteiger charge is 2.44. The summed E-state index contributed by atoms with van der Waals surface area (Å²) in [5.74, 6) is 0.536. The van der Waals surface area contributed by atoms with Gasteiger partial charge in [0.1, 0.15) is 0 Å². The second kappa shape index (κ2) is 6.07. The first kappa shape index (κ1) is 16.5. The molecular formula is C17H29NO3. The molecule has 0 aromatic carbocycles. The van der Waals surface area contributed by atoms with Crippen molar-refractivity contribution in [3.05, 3.63) is 0 Å². The van der Waals surface area contributed by atoms with Crippen molar-refractivity contribution in [1.29, 1.82) is 0 Å². The first-order valence-corrected chi connectivity index (χ1v) is 8.29. The third-order valence-electron chi connectivity index (χ3n) is 5.74. The Morgan fingerprint density at radius 3 is 2.38 bits per heavy atom. The van der Waals surface area contributed by atoms with E-state index in [1.165, 1.54) is 4.90 Å². The smallest absolute Gasteiger partial charge is 0.229 e. The fraction of sp³-hybridized carbons (Fsp3) is 0.882. The minimum atomic E-state index is -0.0679. The molecular weight excluding hydrogens is 266 g/mol. The molecule has 2 atom stereocenters. The molecule has 120 valence electrons. The highest BCUT2D eigenvalue weighted by atomic mass is 16.5. The van der Waals surface area contributed by atoms with Gasteiger partial charge in [-0.05, 0) is 43.9 Å². The summed E-state index contributed by atoms with van der Waals surface area (Å²) in [7, 11) is 0. The minimum Gasteiger partial charge on any atom is -0.375 e. The number of amides is 2. The summed E-state index contributed by atoms with van der Waals surface area (Å²) in [5.41, 5.74) is 0.105. The van der Waals surface area contributed by atoms with Gasteiger partial charge in [0.2, 0.25) is 11.8 Å². The molecule has 2 rings (SSSR count). The summed E-state index contributed by atoms with van der Waals surface area (Å²) in [6.07, 6.45) is 4.73. The van der Waals surface area contributed by atoms with E-state index in [2.05, 4.69) is 27.7 Å².